The summed E-state index contributed by atoms with van der Waals surface area (Å²) < 4.78 is 2.25. The Kier molecular flexibility index (Phi) is 4.47. The number of nitrogens with one attached hydrogen (secondary N) is 2. The lowest BCUT2D eigenvalue weighted by atomic mass is 9.51. The molecule has 0 bridgehead atoms. The van der Waals surface area contributed by atoms with Gasteiger partial charge in [0, 0.05) is 23.1 Å². The fraction of sp³-hybridized carbons (Fsp3) is 0.583. The van der Waals surface area contributed by atoms with E-state index in [2.05, 4.69) is 44.5 Å². The lowest BCUT2D eigenvalue weighted by molar-refractivity contribution is -0.152. The van der Waals surface area contributed by atoms with Crippen molar-refractivity contribution in [1.29, 1.82) is 0 Å². The molecule has 6 nitrogen and oxygen atoms in total. The molecule has 2 amide bonds. The van der Waals surface area contributed by atoms with Crippen molar-refractivity contribution in [3.05, 3.63) is 42.4 Å². The van der Waals surface area contributed by atoms with E-state index in [1.165, 1.54) is 11.1 Å². The van der Waals surface area contributed by atoms with E-state index in [0.717, 1.165) is 37.8 Å². The minimum Gasteiger partial charge on any atom is -0.392 e. The van der Waals surface area contributed by atoms with Crippen LogP contribution in [0.5, 0.6) is 0 Å². The van der Waals surface area contributed by atoms with Crippen LogP contribution < -0.4 is 10.6 Å². The molecule has 1 aromatic carbocycles. The fourth-order valence-corrected chi connectivity index (χ4v) is 5.99. The van der Waals surface area contributed by atoms with Gasteiger partial charge < -0.3 is 20.3 Å². The monoisotopic (exact) mass is 408 g/mol. The maximum atomic E-state index is 12.2. The average molecular weight is 409 g/mol. The molecule has 3 atom stereocenters. The Balaban J connectivity index is 1.24. The van der Waals surface area contributed by atoms with Crippen LogP contribution in [0.3, 0.4) is 0 Å². The van der Waals surface area contributed by atoms with Gasteiger partial charge in [0.15, 0.2) is 0 Å². The van der Waals surface area contributed by atoms with Crippen molar-refractivity contribution in [2.45, 2.75) is 76.6 Å². The summed E-state index contributed by atoms with van der Waals surface area (Å²) in [5.74, 6) is 0.218. The van der Waals surface area contributed by atoms with E-state index in [-0.39, 0.29) is 41.1 Å². The Labute approximate surface area is 178 Å². The van der Waals surface area contributed by atoms with Gasteiger partial charge in [0.25, 0.3) is 0 Å². The number of aromatic nitrogens is 2. The Hall–Kier alpha value is -2.34. The second kappa shape index (κ2) is 6.84. The first-order valence-electron chi connectivity index (χ1n) is 11.2. The first kappa shape index (κ1) is 19.6. The third-order valence-corrected chi connectivity index (χ3v) is 7.41. The van der Waals surface area contributed by atoms with Gasteiger partial charge >= 0.3 is 6.03 Å². The predicted molar refractivity (Wildman–Crippen MR) is 116 cm³/mol. The SMILES string of the molecule is CC(C)(C)NC(=O)N[C@H]1CC[C@@]2(CC1)C[C@@H]([C@H]1c3ccccc3-c3cncn31)[C@H]2O. The van der Waals surface area contributed by atoms with Crippen LogP contribution in [0.1, 0.15) is 64.5 Å². The quantitative estimate of drug-likeness (QED) is 0.706. The summed E-state index contributed by atoms with van der Waals surface area (Å²) >= 11 is 0. The summed E-state index contributed by atoms with van der Waals surface area (Å²) in [6, 6.07) is 8.78. The molecule has 1 spiro atoms. The van der Waals surface area contributed by atoms with Crippen molar-refractivity contribution in [2.24, 2.45) is 11.3 Å². The molecule has 0 radical (unpaired) electrons. The van der Waals surface area contributed by atoms with Crippen LogP contribution in [-0.4, -0.2) is 38.4 Å². The van der Waals surface area contributed by atoms with E-state index < -0.39 is 0 Å². The van der Waals surface area contributed by atoms with Gasteiger partial charge in [-0.05, 0) is 63.9 Å². The number of aliphatic hydroxyl groups excluding tert-OH is 1. The van der Waals surface area contributed by atoms with Crippen LogP contribution in [-0.2, 0) is 0 Å². The molecule has 6 heteroatoms. The summed E-state index contributed by atoms with van der Waals surface area (Å²) in [5.41, 5.74) is 3.47. The van der Waals surface area contributed by atoms with Crippen molar-refractivity contribution in [2.75, 3.05) is 0 Å². The maximum Gasteiger partial charge on any atom is 0.315 e. The van der Waals surface area contributed by atoms with Crippen LogP contribution in [0.15, 0.2) is 36.8 Å². The number of nitrogens with zero attached hydrogens (tertiary/aromatic N) is 2. The number of benzene rings is 1. The lowest BCUT2D eigenvalue weighted by Crippen LogP contribution is -2.58. The smallest absolute Gasteiger partial charge is 0.315 e. The van der Waals surface area contributed by atoms with Gasteiger partial charge in [-0.15, -0.1) is 0 Å². The number of aliphatic hydroxyl groups is 1. The number of hydrogen-bond acceptors (Lipinski definition) is 3. The summed E-state index contributed by atoms with van der Waals surface area (Å²) in [4.78, 5) is 16.6. The molecule has 30 heavy (non-hydrogen) atoms. The molecule has 1 aliphatic heterocycles. The lowest BCUT2D eigenvalue weighted by Gasteiger charge is -2.57. The first-order valence-corrected chi connectivity index (χ1v) is 11.2. The molecule has 0 unspecified atom stereocenters. The van der Waals surface area contributed by atoms with Crippen molar-refractivity contribution in [1.82, 2.24) is 20.2 Å². The molecule has 2 fully saturated rings. The Morgan fingerprint density at radius 3 is 2.67 bits per heavy atom. The van der Waals surface area contributed by atoms with E-state index in [1.807, 2.05) is 33.3 Å². The highest BCUT2D eigenvalue weighted by Gasteiger charge is 2.57. The second-order valence-corrected chi connectivity index (χ2v) is 10.5. The number of carbonyl (C=O) groups excluding carboxylic acids is 1. The molecular formula is C24H32N4O2. The molecule has 2 aliphatic carbocycles. The van der Waals surface area contributed by atoms with Gasteiger partial charge in [-0.1, -0.05) is 24.3 Å². The fourth-order valence-electron chi connectivity index (χ4n) is 5.99. The minimum absolute atomic E-state index is 0.00162. The number of imidazole rings is 1. The third-order valence-electron chi connectivity index (χ3n) is 7.41. The molecule has 5 rings (SSSR count). The number of hydrogen-bond donors (Lipinski definition) is 3. The van der Waals surface area contributed by atoms with E-state index in [0.29, 0.717) is 0 Å². The first-order chi connectivity index (χ1) is 14.3. The van der Waals surface area contributed by atoms with Crippen molar-refractivity contribution >= 4 is 6.03 Å². The van der Waals surface area contributed by atoms with E-state index in [4.69, 9.17) is 0 Å². The van der Waals surface area contributed by atoms with Gasteiger partial charge in [0.05, 0.1) is 30.4 Å². The van der Waals surface area contributed by atoms with Gasteiger partial charge in [-0.2, -0.15) is 0 Å². The number of rotatable bonds is 2. The predicted octanol–water partition coefficient (Wildman–Crippen LogP) is 3.86. The second-order valence-electron chi connectivity index (χ2n) is 10.5. The van der Waals surface area contributed by atoms with Crippen molar-refractivity contribution < 1.29 is 9.90 Å². The van der Waals surface area contributed by atoms with Crippen molar-refractivity contribution in [3.63, 3.8) is 0 Å². The topological polar surface area (TPSA) is 79.2 Å². The van der Waals surface area contributed by atoms with Gasteiger partial charge in [-0.3, -0.25) is 0 Å². The third kappa shape index (κ3) is 3.13. The number of fused-ring (bicyclic) bond motifs is 3. The van der Waals surface area contributed by atoms with Crippen LogP contribution >= 0.6 is 0 Å². The zero-order valence-electron chi connectivity index (χ0n) is 18.1. The molecule has 1 aromatic heterocycles. The molecule has 2 saturated carbocycles. The van der Waals surface area contributed by atoms with Crippen LogP contribution in [0, 0.1) is 11.3 Å². The van der Waals surface area contributed by atoms with Crippen LogP contribution in [0.4, 0.5) is 4.79 Å². The average Bonchev–Trinajstić information content (AvgIpc) is 3.27. The highest BCUT2D eigenvalue weighted by Crippen LogP contribution is 2.60. The summed E-state index contributed by atoms with van der Waals surface area (Å²) in [7, 11) is 0. The van der Waals surface area contributed by atoms with Gasteiger partial charge in [0.2, 0.25) is 0 Å². The normalized spacial score (nSPS) is 32.3. The summed E-state index contributed by atoms with van der Waals surface area (Å²) in [6.07, 6.45) is 8.36. The Morgan fingerprint density at radius 1 is 1.23 bits per heavy atom. The molecular weight excluding hydrogens is 376 g/mol. The molecule has 3 aliphatic rings. The molecule has 160 valence electrons. The zero-order chi connectivity index (χ0) is 21.1. The standard InChI is InChI=1S/C24H32N4O2/c1-23(2,3)27-22(30)26-15-8-10-24(11-9-15)12-18(21(24)29)20-17-7-5-4-6-16(17)19-13-25-14-28(19)20/h4-7,13-15,18,20-21,29H,8-12H2,1-3H3,(H2,26,27,30)/t15-,18-,20+,21+,24+/m0/s1. The summed E-state index contributed by atoms with van der Waals surface area (Å²) in [6.45, 7) is 5.96. The molecule has 2 heterocycles. The molecule has 2 aromatic rings. The zero-order valence-corrected chi connectivity index (χ0v) is 18.1. The van der Waals surface area contributed by atoms with Gasteiger partial charge in [-0.25, -0.2) is 9.78 Å². The minimum atomic E-state index is -0.312. The number of urea groups is 1. The largest absolute Gasteiger partial charge is 0.392 e. The Morgan fingerprint density at radius 2 is 1.97 bits per heavy atom. The maximum absolute atomic E-state index is 12.2. The molecule has 0 saturated heterocycles. The Bertz CT molecular complexity index is 952. The highest BCUT2D eigenvalue weighted by atomic mass is 16.3. The number of amides is 2. The highest BCUT2D eigenvalue weighted by molar-refractivity contribution is 5.75. The van der Waals surface area contributed by atoms with E-state index in [1.54, 1.807) is 0 Å². The van der Waals surface area contributed by atoms with E-state index >= 15 is 0 Å². The van der Waals surface area contributed by atoms with E-state index in [9.17, 15) is 9.90 Å². The van der Waals surface area contributed by atoms with Crippen LogP contribution in [0.2, 0.25) is 0 Å². The number of carbonyl (C=O) groups is 1. The van der Waals surface area contributed by atoms with Crippen LogP contribution in [0.25, 0.3) is 11.3 Å². The van der Waals surface area contributed by atoms with Crippen molar-refractivity contribution in [3.8, 4) is 11.3 Å². The van der Waals surface area contributed by atoms with Gasteiger partial charge in [0.1, 0.15) is 0 Å². The molecule has 3 N–H and O–H groups in total. The summed E-state index contributed by atoms with van der Waals surface area (Å²) in [5, 5.41) is 17.4.